The molecule has 1 N–H and O–H groups in total. The third-order valence-electron chi connectivity index (χ3n) is 4.88. The molecule has 0 bridgehead atoms. The molecule has 0 saturated heterocycles. The molecule has 5 heteroatoms. The van der Waals surface area contributed by atoms with E-state index in [1.54, 1.807) is 0 Å². The summed E-state index contributed by atoms with van der Waals surface area (Å²) in [5.74, 6) is -0.0625. The van der Waals surface area contributed by atoms with Gasteiger partial charge < -0.3 is 5.11 Å². The van der Waals surface area contributed by atoms with E-state index in [1.807, 2.05) is 24.3 Å². The molecular weight excluding hydrogens is 601 g/mol. The number of ketones is 1. The van der Waals surface area contributed by atoms with E-state index in [0.717, 1.165) is 39.1 Å². The zero-order chi connectivity index (χ0) is 24.1. The number of benzene rings is 3. The molecule has 4 nitrogen and oxygen atoms in total. The summed E-state index contributed by atoms with van der Waals surface area (Å²) >= 11 is 0. The van der Waals surface area contributed by atoms with Crippen molar-refractivity contribution in [1.29, 1.82) is 0 Å². The van der Waals surface area contributed by atoms with Gasteiger partial charge in [-0.15, -0.1) is 34.9 Å². The van der Waals surface area contributed by atoms with Crippen molar-refractivity contribution < 1.29 is 30.0 Å². The Morgan fingerprint density at radius 2 is 1.35 bits per heavy atom. The number of carbonyl (C=O) groups excluding carboxylic acids is 1. The average molecular weight is 630 g/mol. The van der Waals surface area contributed by atoms with Crippen LogP contribution in [-0.2, 0) is 24.9 Å². The summed E-state index contributed by atoms with van der Waals surface area (Å²) in [5, 5.41) is 8.36. The monoisotopic (exact) mass is 630 g/mol. The first-order chi connectivity index (χ1) is 15.6. The van der Waals surface area contributed by atoms with Gasteiger partial charge in [-0.1, -0.05) is 55.3 Å². The number of aryl methyl sites for hydroxylation is 4. The van der Waals surface area contributed by atoms with E-state index in [-0.39, 0.29) is 31.6 Å². The van der Waals surface area contributed by atoms with Crippen molar-refractivity contribution in [3.63, 3.8) is 0 Å². The van der Waals surface area contributed by atoms with E-state index < -0.39 is 0 Å². The molecule has 4 aromatic rings. The first kappa shape index (κ1) is 27.1. The minimum Gasteiger partial charge on any atom is -0.512 e. The Bertz CT molecular complexity index is 1230. The quantitative estimate of drug-likeness (QED) is 0.150. The molecule has 1 radical (unpaired) electrons. The first-order valence-electron chi connectivity index (χ1n) is 10.9. The van der Waals surface area contributed by atoms with Gasteiger partial charge in [0.05, 0.1) is 22.5 Å². The minimum absolute atomic E-state index is 0. The fraction of sp³-hybridized carbons (Fsp3) is 0.207. The Balaban J connectivity index is 0.000000449. The summed E-state index contributed by atoms with van der Waals surface area (Å²) in [4.78, 5) is 20.0. The normalized spacial score (nSPS) is 10.8. The number of rotatable bonds is 3. The zero-order valence-corrected chi connectivity index (χ0v) is 22.8. The molecule has 4 rings (SSSR count). The second kappa shape index (κ2) is 11.8. The van der Waals surface area contributed by atoms with Crippen LogP contribution in [0.5, 0.6) is 0 Å². The summed E-state index contributed by atoms with van der Waals surface area (Å²) in [7, 11) is 0. The Kier molecular flexibility index (Phi) is 9.43. The Hall–Kier alpha value is -3.14. The van der Waals surface area contributed by atoms with Crippen LogP contribution in [0.15, 0.2) is 66.4 Å². The number of aromatic nitrogens is 2. The third kappa shape index (κ3) is 7.18. The predicted molar refractivity (Wildman–Crippen MR) is 135 cm³/mol. The topological polar surface area (TPSA) is 63.1 Å². The van der Waals surface area contributed by atoms with Gasteiger partial charge in [0.1, 0.15) is 0 Å². The smallest absolute Gasteiger partial charge is 0.155 e. The molecule has 0 atom stereocenters. The molecule has 0 aliphatic rings. The van der Waals surface area contributed by atoms with Crippen molar-refractivity contribution >= 4 is 16.8 Å². The van der Waals surface area contributed by atoms with E-state index in [4.69, 9.17) is 15.1 Å². The van der Waals surface area contributed by atoms with Gasteiger partial charge in [0, 0.05) is 31.9 Å². The number of hydrogen-bond acceptors (Lipinski definition) is 4. The number of para-hydroxylation sites is 2. The standard InChI is InChI=1S/C24H21N2.C5H8O2.Ir/c1-15-9-16(2)12-19(11-15)23-24(20-13-17(3)10-18(4)14-20)26-22-8-6-5-7-21(22)25-23;1-4(6)3-5(2)7;/h5-13H,1-4H3;3,6H,1-2H3;/q-1;;/b;4-3-;. The van der Waals surface area contributed by atoms with E-state index in [0.29, 0.717) is 0 Å². The van der Waals surface area contributed by atoms with E-state index in [2.05, 4.69) is 64.1 Å². The Morgan fingerprint density at radius 1 is 0.824 bits per heavy atom. The second-order valence-electron chi connectivity index (χ2n) is 8.44. The van der Waals surface area contributed by atoms with Crippen molar-refractivity contribution in [1.82, 2.24) is 9.97 Å². The molecule has 0 unspecified atom stereocenters. The summed E-state index contributed by atoms with van der Waals surface area (Å²) in [6.45, 7) is 11.3. The summed E-state index contributed by atoms with van der Waals surface area (Å²) in [6, 6.07) is 22.3. The number of aliphatic hydroxyl groups is 1. The van der Waals surface area contributed by atoms with E-state index >= 15 is 0 Å². The molecule has 0 saturated carbocycles. The van der Waals surface area contributed by atoms with Gasteiger partial charge in [-0.05, 0) is 45.4 Å². The van der Waals surface area contributed by atoms with Crippen molar-refractivity contribution in [3.05, 3.63) is 94.8 Å². The van der Waals surface area contributed by atoms with Gasteiger partial charge in [-0.2, -0.15) is 0 Å². The number of fused-ring (bicyclic) bond motifs is 1. The first-order valence-corrected chi connectivity index (χ1v) is 10.9. The van der Waals surface area contributed by atoms with Crippen LogP contribution >= 0.6 is 0 Å². The third-order valence-corrected chi connectivity index (χ3v) is 4.88. The van der Waals surface area contributed by atoms with Crippen molar-refractivity contribution in [2.45, 2.75) is 41.5 Å². The van der Waals surface area contributed by atoms with Crippen molar-refractivity contribution in [2.75, 3.05) is 0 Å². The van der Waals surface area contributed by atoms with Crippen molar-refractivity contribution in [2.24, 2.45) is 0 Å². The van der Waals surface area contributed by atoms with Crippen LogP contribution in [0.4, 0.5) is 0 Å². The zero-order valence-electron chi connectivity index (χ0n) is 20.4. The van der Waals surface area contributed by atoms with Crippen LogP contribution < -0.4 is 0 Å². The second-order valence-corrected chi connectivity index (χ2v) is 8.44. The fourth-order valence-corrected chi connectivity index (χ4v) is 3.82. The largest absolute Gasteiger partial charge is 0.512 e. The molecule has 177 valence electrons. The van der Waals surface area contributed by atoms with Crippen LogP contribution in [0.25, 0.3) is 33.5 Å². The molecule has 0 aliphatic carbocycles. The van der Waals surface area contributed by atoms with E-state index in [9.17, 15) is 4.79 Å². The molecule has 0 fully saturated rings. The summed E-state index contributed by atoms with van der Waals surface area (Å²) in [5.41, 5.74) is 10.5. The van der Waals surface area contributed by atoms with Crippen LogP contribution in [0.2, 0.25) is 0 Å². The maximum Gasteiger partial charge on any atom is 0.155 e. The molecular formula is C29H29IrN2O2-. The van der Waals surface area contributed by atoms with Crippen LogP contribution in [0.3, 0.4) is 0 Å². The minimum atomic E-state index is -0.125. The molecule has 0 aliphatic heterocycles. The van der Waals surface area contributed by atoms with Gasteiger partial charge in [0.25, 0.3) is 0 Å². The van der Waals surface area contributed by atoms with Crippen LogP contribution in [0.1, 0.15) is 36.1 Å². The average Bonchev–Trinajstić information content (AvgIpc) is 2.71. The Morgan fingerprint density at radius 3 is 1.82 bits per heavy atom. The number of carbonyl (C=O) groups is 1. The summed E-state index contributed by atoms with van der Waals surface area (Å²) in [6.07, 6.45) is 1.17. The van der Waals surface area contributed by atoms with Crippen LogP contribution in [-0.4, -0.2) is 20.9 Å². The SMILES string of the molecule is CC(=O)/C=C(/C)O.Cc1[c-]c(-c2nc3ccccc3nc2-c2cc(C)cc(C)c2)cc(C)c1.[Ir]. The number of allylic oxidation sites excluding steroid dienone is 2. The fourth-order valence-electron chi connectivity index (χ4n) is 3.82. The maximum absolute atomic E-state index is 10.0. The molecule has 1 heterocycles. The molecule has 0 spiro atoms. The van der Waals surface area contributed by atoms with Gasteiger partial charge in [0.2, 0.25) is 0 Å². The maximum atomic E-state index is 10.0. The van der Waals surface area contributed by atoms with E-state index in [1.165, 1.54) is 36.6 Å². The van der Waals surface area contributed by atoms with Gasteiger partial charge in [-0.3, -0.25) is 14.8 Å². The van der Waals surface area contributed by atoms with Gasteiger partial charge >= 0.3 is 0 Å². The number of nitrogens with zero attached hydrogens (tertiary/aromatic N) is 2. The molecule has 3 aromatic carbocycles. The molecule has 0 amide bonds. The van der Waals surface area contributed by atoms with Gasteiger partial charge in [0.15, 0.2) is 5.78 Å². The van der Waals surface area contributed by atoms with Crippen molar-refractivity contribution in [3.8, 4) is 22.5 Å². The predicted octanol–water partition coefficient (Wildman–Crippen LogP) is 7.03. The molecule has 1 aromatic heterocycles. The number of hydrogen-bond donors (Lipinski definition) is 1. The van der Waals surface area contributed by atoms with Gasteiger partial charge in [-0.25, -0.2) is 0 Å². The summed E-state index contributed by atoms with van der Waals surface area (Å²) < 4.78 is 0. The Labute approximate surface area is 215 Å². The molecule has 34 heavy (non-hydrogen) atoms. The van der Waals surface area contributed by atoms with Crippen LogP contribution in [0, 0.1) is 33.8 Å². The number of aliphatic hydroxyl groups excluding tert-OH is 1.